The first kappa shape index (κ1) is 38.3. The molecule has 5 aliphatic carbocycles. The number of aliphatic carboxylic acids is 1. The van der Waals surface area contributed by atoms with E-state index in [-0.39, 0.29) is 51.4 Å². The molecule has 0 aromatic carbocycles. The van der Waals surface area contributed by atoms with Crippen molar-refractivity contribution < 1.29 is 29.7 Å². The lowest BCUT2D eigenvalue weighted by Crippen LogP contribution is -2.67. The van der Waals surface area contributed by atoms with Crippen molar-refractivity contribution in [2.24, 2.45) is 56.7 Å². The van der Waals surface area contributed by atoms with E-state index in [0.717, 1.165) is 64.2 Å². The van der Waals surface area contributed by atoms with Gasteiger partial charge in [0.15, 0.2) is 0 Å². The lowest BCUT2D eigenvalue weighted by atomic mass is 9.32. The van der Waals surface area contributed by atoms with Crippen molar-refractivity contribution in [1.29, 1.82) is 0 Å². The fourth-order valence-electron chi connectivity index (χ4n) is 13.3. The number of carbonyl (C=O) groups is 3. The number of hydrogen-bond donors (Lipinski definition) is 5. The molecule has 0 radical (unpaired) electrons. The Bertz CT molecular complexity index is 1270. The highest BCUT2D eigenvalue weighted by Crippen LogP contribution is 2.77. The van der Waals surface area contributed by atoms with Gasteiger partial charge in [0.2, 0.25) is 11.8 Å². The predicted octanol–water partition coefficient (Wildman–Crippen LogP) is 7.02. The normalized spacial score (nSPS) is 41.3. The maximum absolute atomic E-state index is 14.4. The van der Waals surface area contributed by atoms with Crippen LogP contribution in [0.2, 0.25) is 0 Å². The van der Waals surface area contributed by atoms with Gasteiger partial charge in [-0.25, -0.2) is 4.79 Å². The molecule has 0 bridgehead atoms. The van der Waals surface area contributed by atoms with Gasteiger partial charge in [0.05, 0.1) is 18.1 Å². The number of allylic oxidation sites excluding steroid dienone is 1. The van der Waals surface area contributed by atoms with Crippen LogP contribution in [0, 0.1) is 56.7 Å². The van der Waals surface area contributed by atoms with Crippen molar-refractivity contribution in [2.45, 2.75) is 156 Å². The maximum Gasteiger partial charge on any atom is 0.328 e. The first-order chi connectivity index (χ1) is 23.0. The van der Waals surface area contributed by atoms with E-state index >= 15 is 0 Å². The molecule has 11 atom stereocenters. The Morgan fingerprint density at radius 3 is 2.18 bits per heavy atom. The quantitative estimate of drug-likeness (QED) is 0.105. The molecule has 0 unspecified atom stereocenters. The van der Waals surface area contributed by atoms with Gasteiger partial charge in [0, 0.05) is 13.0 Å². The van der Waals surface area contributed by atoms with Crippen LogP contribution >= 0.6 is 0 Å². The van der Waals surface area contributed by atoms with Crippen LogP contribution in [0.25, 0.3) is 0 Å². The summed E-state index contributed by atoms with van der Waals surface area (Å²) in [4.78, 5) is 37.3. The number of amides is 2. The summed E-state index contributed by atoms with van der Waals surface area (Å²) in [5.41, 5.74) is 1.53. The number of carbonyl (C=O) groups excluding carboxylic acids is 2. The van der Waals surface area contributed by atoms with Gasteiger partial charge in [0.25, 0.3) is 0 Å². The number of carboxylic acids is 1. The summed E-state index contributed by atoms with van der Waals surface area (Å²) in [5.74, 6) is 1.13. The Labute approximate surface area is 296 Å². The molecular formula is C41H68N2O6. The molecule has 0 aromatic rings. The second-order valence-electron chi connectivity index (χ2n) is 18.6. The Kier molecular flexibility index (Phi) is 11.1. The predicted molar refractivity (Wildman–Crippen MR) is 192 cm³/mol. The van der Waals surface area contributed by atoms with Crippen molar-refractivity contribution in [3.8, 4) is 0 Å². The Hall–Kier alpha value is -1.93. The number of nitrogens with one attached hydrogen (secondary N) is 2. The summed E-state index contributed by atoms with van der Waals surface area (Å²) in [6, 6.07) is -1.25. The Morgan fingerprint density at radius 1 is 0.816 bits per heavy atom. The van der Waals surface area contributed by atoms with E-state index in [2.05, 4.69) is 58.8 Å². The van der Waals surface area contributed by atoms with E-state index in [9.17, 15) is 19.5 Å². The Morgan fingerprint density at radius 2 is 1.51 bits per heavy atom. The lowest BCUT2D eigenvalue weighted by Gasteiger charge is -2.72. The van der Waals surface area contributed by atoms with Crippen LogP contribution in [0.4, 0.5) is 0 Å². The zero-order valence-corrected chi connectivity index (χ0v) is 31.5. The van der Waals surface area contributed by atoms with Crippen LogP contribution in [-0.2, 0) is 14.4 Å². The average molecular weight is 685 g/mol. The summed E-state index contributed by atoms with van der Waals surface area (Å²) in [6.45, 7) is 19.2. The third kappa shape index (κ3) is 6.42. The third-order valence-electron chi connectivity index (χ3n) is 16.2. The molecule has 5 saturated carbocycles. The van der Waals surface area contributed by atoms with E-state index in [1.807, 2.05) is 0 Å². The first-order valence-corrected chi connectivity index (χ1v) is 19.7. The van der Waals surface area contributed by atoms with Gasteiger partial charge >= 0.3 is 5.97 Å². The first-order valence-electron chi connectivity index (χ1n) is 19.7. The minimum atomic E-state index is -1.25. The maximum atomic E-state index is 14.4. The largest absolute Gasteiger partial charge is 0.480 e. The molecule has 0 saturated heterocycles. The molecule has 5 N–H and O–H groups in total. The van der Waals surface area contributed by atoms with Gasteiger partial charge < -0.3 is 26.0 Å². The molecule has 2 amide bonds. The molecule has 5 aliphatic rings. The number of fused-ring (bicyclic) bond motifs is 7. The summed E-state index contributed by atoms with van der Waals surface area (Å²) in [6.07, 6.45) is 15.4. The zero-order chi connectivity index (χ0) is 36.0. The van der Waals surface area contributed by atoms with Crippen LogP contribution in [0.15, 0.2) is 12.2 Å². The van der Waals surface area contributed by atoms with E-state index in [1.165, 1.54) is 31.3 Å². The molecule has 8 nitrogen and oxygen atoms in total. The zero-order valence-electron chi connectivity index (χ0n) is 31.5. The second kappa shape index (κ2) is 14.2. The van der Waals surface area contributed by atoms with Gasteiger partial charge in [-0.15, -0.1) is 0 Å². The van der Waals surface area contributed by atoms with Crippen LogP contribution in [0.1, 0.15) is 144 Å². The smallest absolute Gasteiger partial charge is 0.328 e. The number of unbranched alkanes of at least 4 members (excludes halogenated alkanes) is 4. The fraction of sp³-hybridized carbons (Fsp3) is 0.878. The van der Waals surface area contributed by atoms with E-state index in [1.54, 1.807) is 0 Å². The highest BCUT2D eigenvalue weighted by Gasteiger charge is 2.71. The lowest BCUT2D eigenvalue weighted by molar-refractivity contribution is -0.246. The monoisotopic (exact) mass is 685 g/mol. The highest BCUT2D eigenvalue weighted by atomic mass is 16.4. The number of aliphatic hydroxyl groups is 2. The van der Waals surface area contributed by atoms with E-state index in [4.69, 9.17) is 10.2 Å². The fourth-order valence-corrected chi connectivity index (χ4v) is 13.3. The molecule has 5 rings (SSSR count). The molecule has 49 heavy (non-hydrogen) atoms. The summed E-state index contributed by atoms with van der Waals surface area (Å²) in [5, 5.41) is 34.9. The molecule has 278 valence electrons. The van der Waals surface area contributed by atoms with Crippen molar-refractivity contribution in [3.63, 3.8) is 0 Å². The number of rotatable bonds is 13. The number of carboxylic acid groups (broad SMARTS) is 1. The van der Waals surface area contributed by atoms with Crippen LogP contribution < -0.4 is 10.6 Å². The van der Waals surface area contributed by atoms with Gasteiger partial charge in [-0.2, -0.15) is 0 Å². The molecule has 0 spiro atoms. The summed E-state index contributed by atoms with van der Waals surface area (Å²) >= 11 is 0. The summed E-state index contributed by atoms with van der Waals surface area (Å²) in [7, 11) is 0. The van der Waals surface area contributed by atoms with Crippen molar-refractivity contribution in [3.05, 3.63) is 12.2 Å². The minimum Gasteiger partial charge on any atom is -0.480 e. The van der Waals surface area contributed by atoms with Crippen molar-refractivity contribution >= 4 is 17.8 Å². The second-order valence-corrected chi connectivity index (χ2v) is 18.6. The molecule has 8 heteroatoms. The van der Waals surface area contributed by atoms with Crippen LogP contribution in [0.5, 0.6) is 0 Å². The minimum absolute atomic E-state index is 0.0486. The van der Waals surface area contributed by atoms with Gasteiger partial charge in [-0.3, -0.25) is 9.59 Å². The van der Waals surface area contributed by atoms with Crippen LogP contribution in [0.3, 0.4) is 0 Å². The van der Waals surface area contributed by atoms with E-state index in [0.29, 0.717) is 42.6 Å². The molecule has 0 heterocycles. The number of aliphatic hydroxyl groups excluding tert-OH is 2. The van der Waals surface area contributed by atoms with Crippen LogP contribution in [-0.4, -0.2) is 58.4 Å². The SMILES string of the molecule is C=C(C)[C@@H]1CC[C@]2(C(=O)NCCCCCCCC(=O)N[C@@H](CO)C(=O)O)CC[C@]3(C)[C@H](CC[C@@H]4[C@@]5(C)CC[C@H](O)C(C)(C)[C@@H]5CC[C@]43C)[C@@H]12. The van der Waals surface area contributed by atoms with Gasteiger partial charge in [0.1, 0.15) is 6.04 Å². The molecule has 0 aliphatic heterocycles. The topological polar surface area (TPSA) is 136 Å². The summed E-state index contributed by atoms with van der Waals surface area (Å²) < 4.78 is 0. The van der Waals surface area contributed by atoms with E-state index < -0.39 is 18.6 Å². The average Bonchev–Trinajstić information content (AvgIpc) is 3.44. The third-order valence-corrected chi connectivity index (χ3v) is 16.2. The van der Waals surface area contributed by atoms with Gasteiger partial charge in [-0.05, 0) is 135 Å². The highest BCUT2D eigenvalue weighted by molar-refractivity contribution is 5.84. The molecule has 0 aromatic heterocycles. The van der Waals surface area contributed by atoms with Crippen molar-refractivity contribution in [2.75, 3.05) is 13.2 Å². The molecule has 5 fully saturated rings. The Balaban J connectivity index is 1.21. The van der Waals surface area contributed by atoms with Crippen molar-refractivity contribution in [1.82, 2.24) is 10.6 Å². The molecular weight excluding hydrogens is 616 g/mol. The standard InChI is InChI=1S/C41H68N2O6/c1-26(2)27-16-21-41(36(49)42-24-12-10-8-9-11-13-33(46)43-29(25-44)35(47)48)23-22-39(6)28(34(27)41)14-15-31-38(5)19-18-32(45)37(3,4)30(38)17-20-40(31,39)7/h27-32,34,44-45H,1,8-25H2,2-7H3,(H,42,49)(H,43,46)(H,47,48)/t27-,28+,29-,30-,31+,32-,34+,38-,39+,40+,41-/m0/s1. The van der Waals surface area contributed by atoms with Gasteiger partial charge in [-0.1, -0.05) is 66.0 Å². The number of hydrogen-bond acceptors (Lipinski definition) is 5.